The van der Waals surface area contributed by atoms with Crippen LogP contribution in [0.15, 0.2) is 65.7 Å². The van der Waals surface area contributed by atoms with Gasteiger partial charge in [0.25, 0.3) is 5.78 Å². The van der Waals surface area contributed by atoms with Gasteiger partial charge in [0, 0.05) is 17.1 Å². The third-order valence-corrected chi connectivity index (χ3v) is 5.44. The standard InChI is InChI=1S/C22H18N2O5S/c1-2-29-16-8-4-6-14(12-16)19(26)17-18(13-5-3-7-15(25)11-13)24(21(28)20(17)27)22-23-9-10-30-22/h3-12,18,25-26H,2H2,1H3. The summed E-state index contributed by atoms with van der Waals surface area (Å²) in [5, 5.41) is 23.0. The van der Waals surface area contributed by atoms with Gasteiger partial charge >= 0.3 is 5.91 Å². The molecule has 1 atom stereocenters. The fourth-order valence-electron chi connectivity index (χ4n) is 3.43. The molecule has 7 nitrogen and oxygen atoms in total. The molecule has 0 saturated carbocycles. The summed E-state index contributed by atoms with van der Waals surface area (Å²) in [5.41, 5.74) is 0.754. The van der Waals surface area contributed by atoms with Crippen LogP contribution in [-0.2, 0) is 9.59 Å². The topological polar surface area (TPSA) is 100.0 Å². The van der Waals surface area contributed by atoms with Gasteiger partial charge in [-0.25, -0.2) is 4.98 Å². The summed E-state index contributed by atoms with van der Waals surface area (Å²) in [5.74, 6) is -1.42. The summed E-state index contributed by atoms with van der Waals surface area (Å²) >= 11 is 1.20. The van der Waals surface area contributed by atoms with E-state index in [0.29, 0.717) is 28.6 Å². The van der Waals surface area contributed by atoms with Crippen LogP contribution < -0.4 is 9.64 Å². The lowest BCUT2D eigenvalue weighted by Crippen LogP contribution is -2.29. The number of carbonyl (C=O) groups excluding carboxylic acids is 2. The molecule has 0 radical (unpaired) electrons. The van der Waals surface area contributed by atoms with E-state index in [-0.39, 0.29) is 17.1 Å². The molecule has 4 rings (SSSR count). The first-order chi connectivity index (χ1) is 14.5. The number of amides is 1. The predicted octanol–water partition coefficient (Wildman–Crippen LogP) is 3.87. The molecule has 1 unspecified atom stereocenters. The first kappa shape index (κ1) is 19.7. The van der Waals surface area contributed by atoms with Crippen molar-refractivity contribution in [1.82, 2.24) is 4.98 Å². The molecule has 1 aliphatic heterocycles. The van der Waals surface area contributed by atoms with Crippen molar-refractivity contribution in [2.75, 3.05) is 11.5 Å². The fourth-order valence-corrected chi connectivity index (χ4v) is 4.10. The van der Waals surface area contributed by atoms with Crippen molar-refractivity contribution in [3.8, 4) is 11.5 Å². The normalized spacial score (nSPS) is 18.0. The van der Waals surface area contributed by atoms with Crippen molar-refractivity contribution in [2.24, 2.45) is 0 Å². The van der Waals surface area contributed by atoms with Gasteiger partial charge in [-0.15, -0.1) is 11.3 Å². The third-order valence-electron chi connectivity index (χ3n) is 4.67. The Morgan fingerprint density at radius 2 is 2.00 bits per heavy atom. The molecule has 1 amide bonds. The first-order valence-corrected chi connectivity index (χ1v) is 10.1. The Hall–Kier alpha value is -3.65. The number of phenolic OH excluding ortho intramolecular Hbond substituents is 1. The molecule has 0 bridgehead atoms. The molecule has 8 heteroatoms. The summed E-state index contributed by atoms with van der Waals surface area (Å²) in [6, 6.07) is 12.0. The minimum absolute atomic E-state index is 0.0180. The van der Waals surface area contributed by atoms with Crippen molar-refractivity contribution in [2.45, 2.75) is 13.0 Å². The third kappa shape index (κ3) is 3.42. The van der Waals surface area contributed by atoms with Crippen LogP contribution in [0.4, 0.5) is 5.13 Å². The van der Waals surface area contributed by atoms with Crippen LogP contribution in [0.1, 0.15) is 24.1 Å². The zero-order valence-corrected chi connectivity index (χ0v) is 16.8. The van der Waals surface area contributed by atoms with Crippen molar-refractivity contribution < 1.29 is 24.5 Å². The van der Waals surface area contributed by atoms with Crippen molar-refractivity contribution in [3.63, 3.8) is 0 Å². The number of Topliss-reactive ketones (excluding diaryl/α,β-unsaturated/α-hetero) is 1. The Bertz CT molecular complexity index is 1140. The molecule has 30 heavy (non-hydrogen) atoms. The average Bonchev–Trinajstić information content (AvgIpc) is 3.35. The highest BCUT2D eigenvalue weighted by molar-refractivity contribution is 7.14. The lowest BCUT2D eigenvalue weighted by atomic mass is 9.95. The number of ketones is 1. The summed E-state index contributed by atoms with van der Waals surface area (Å²) in [7, 11) is 0. The molecule has 0 aliphatic carbocycles. The van der Waals surface area contributed by atoms with Gasteiger partial charge in [0.05, 0.1) is 18.2 Å². The summed E-state index contributed by atoms with van der Waals surface area (Å²) < 4.78 is 5.48. The Labute approximate surface area is 176 Å². The average molecular weight is 422 g/mol. The minimum Gasteiger partial charge on any atom is -0.508 e. The molecule has 1 fully saturated rings. The maximum atomic E-state index is 13.0. The van der Waals surface area contributed by atoms with Crippen LogP contribution in [0, 0.1) is 0 Å². The largest absolute Gasteiger partial charge is 0.508 e. The smallest absolute Gasteiger partial charge is 0.301 e. The molecule has 2 heterocycles. The van der Waals surface area contributed by atoms with E-state index < -0.39 is 17.7 Å². The quantitative estimate of drug-likeness (QED) is 0.368. The van der Waals surface area contributed by atoms with E-state index >= 15 is 0 Å². The highest BCUT2D eigenvalue weighted by Crippen LogP contribution is 2.43. The summed E-state index contributed by atoms with van der Waals surface area (Å²) in [4.78, 5) is 31.3. The molecule has 3 aromatic rings. The van der Waals surface area contributed by atoms with Gasteiger partial charge in [-0.3, -0.25) is 14.5 Å². The number of ether oxygens (including phenoxy) is 1. The number of anilines is 1. The molecule has 1 aromatic heterocycles. The van der Waals surface area contributed by atoms with E-state index in [4.69, 9.17) is 4.74 Å². The van der Waals surface area contributed by atoms with Crippen molar-refractivity contribution in [3.05, 3.63) is 76.8 Å². The number of aliphatic hydroxyl groups excluding tert-OH is 1. The molecular formula is C22H18N2O5S. The molecule has 2 N–H and O–H groups in total. The number of phenols is 1. The highest BCUT2D eigenvalue weighted by atomic mass is 32.1. The number of hydrogen-bond acceptors (Lipinski definition) is 7. The number of benzene rings is 2. The zero-order chi connectivity index (χ0) is 21.3. The van der Waals surface area contributed by atoms with E-state index in [1.54, 1.807) is 41.8 Å². The van der Waals surface area contributed by atoms with E-state index in [0.717, 1.165) is 0 Å². The van der Waals surface area contributed by atoms with Crippen LogP contribution in [0.3, 0.4) is 0 Å². The monoisotopic (exact) mass is 422 g/mol. The molecule has 2 aromatic carbocycles. The van der Waals surface area contributed by atoms with Gasteiger partial charge < -0.3 is 14.9 Å². The molecule has 152 valence electrons. The first-order valence-electron chi connectivity index (χ1n) is 9.24. The van der Waals surface area contributed by atoms with E-state index in [9.17, 15) is 19.8 Å². The lowest BCUT2D eigenvalue weighted by Gasteiger charge is -2.23. The second-order valence-corrected chi connectivity index (χ2v) is 7.41. The maximum Gasteiger partial charge on any atom is 0.301 e. The number of hydrogen-bond donors (Lipinski definition) is 2. The lowest BCUT2D eigenvalue weighted by molar-refractivity contribution is -0.132. The van der Waals surface area contributed by atoms with Crippen LogP contribution >= 0.6 is 11.3 Å². The second-order valence-electron chi connectivity index (χ2n) is 6.54. The molecule has 1 saturated heterocycles. The maximum absolute atomic E-state index is 13.0. The minimum atomic E-state index is -0.931. The Morgan fingerprint density at radius 3 is 2.70 bits per heavy atom. The number of aromatic hydroxyl groups is 1. The number of thiazole rings is 1. The van der Waals surface area contributed by atoms with Gasteiger partial charge in [0.1, 0.15) is 17.3 Å². The number of rotatable bonds is 5. The summed E-state index contributed by atoms with van der Waals surface area (Å²) in [6.45, 7) is 2.29. The van der Waals surface area contributed by atoms with Crippen LogP contribution in [-0.4, -0.2) is 33.5 Å². The Morgan fingerprint density at radius 1 is 1.20 bits per heavy atom. The van der Waals surface area contributed by atoms with Crippen LogP contribution in [0.2, 0.25) is 0 Å². The fraction of sp³-hybridized carbons (Fsp3) is 0.136. The van der Waals surface area contributed by atoms with Gasteiger partial charge in [0.15, 0.2) is 5.13 Å². The van der Waals surface area contributed by atoms with E-state index in [2.05, 4.69) is 4.98 Å². The SMILES string of the molecule is CCOc1cccc(C(O)=C2C(=O)C(=O)N(c3nccs3)C2c2cccc(O)c2)c1. The van der Waals surface area contributed by atoms with Crippen molar-refractivity contribution >= 4 is 33.9 Å². The van der Waals surface area contributed by atoms with Gasteiger partial charge in [-0.2, -0.15) is 0 Å². The predicted molar refractivity (Wildman–Crippen MR) is 113 cm³/mol. The van der Waals surface area contributed by atoms with E-state index in [1.807, 2.05) is 6.92 Å². The van der Waals surface area contributed by atoms with Crippen LogP contribution in [0.5, 0.6) is 11.5 Å². The van der Waals surface area contributed by atoms with Gasteiger partial charge in [-0.05, 0) is 36.8 Å². The zero-order valence-electron chi connectivity index (χ0n) is 16.0. The number of aromatic nitrogens is 1. The van der Waals surface area contributed by atoms with Gasteiger partial charge in [0.2, 0.25) is 0 Å². The van der Waals surface area contributed by atoms with E-state index in [1.165, 1.54) is 34.6 Å². The number of carbonyl (C=O) groups is 2. The number of aliphatic hydroxyl groups is 1. The molecule has 0 spiro atoms. The molecule has 1 aliphatic rings. The van der Waals surface area contributed by atoms with Crippen LogP contribution in [0.25, 0.3) is 5.76 Å². The molecular weight excluding hydrogens is 404 g/mol. The highest BCUT2D eigenvalue weighted by Gasteiger charge is 2.48. The second kappa shape index (κ2) is 8.00. The van der Waals surface area contributed by atoms with Gasteiger partial charge in [-0.1, -0.05) is 24.3 Å². The number of nitrogens with zero attached hydrogens (tertiary/aromatic N) is 2. The Kier molecular flexibility index (Phi) is 5.24. The Balaban J connectivity index is 1.92. The summed E-state index contributed by atoms with van der Waals surface area (Å²) in [6.07, 6.45) is 1.53. The van der Waals surface area contributed by atoms with Crippen molar-refractivity contribution in [1.29, 1.82) is 0 Å².